The number of hydrogen-bond acceptors (Lipinski definition) is 6. The maximum absolute atomic E-state index is 12.6. The van der Waals surface area contributed by atoms with Gasteiger partial charge in [-0.25, -0.2) is 8.42 Å². The van der Waals surface area contributed by atoms with Crippen LogP contribution in [0.1, 0.15) is 5.56 Å². The van der Waals surface area contributed by atoms with Crippen molar-refractivity contribution in [2.24, 2.45) is 0 Å². The average molecular weight is 415 g/mol. The zero-order valence-electron chi connectivity index (χ0n) is 15.7. The Morgan fingerprint density at radius 2 is 1.76 bits per heavy atom. The lowest BCUT2D eigenvalue weighted by molar-refractivity contribution is -0.118. The molecule has 0 aliphatic carbocycles. The van der Waals surface area contributed by atoms with Gasteiger partial charge in [0.15, 0.2) is 6.61 Å². The van der Waals surface area contributed by atoms with Gasteiger partial charge in [0.1, 0.15) is 5.75 Å². The molecule has 0 unspecified atom stereocenters. The molecule has 2 aromatic rings. The van der Waals surface area contributed by atoms with Gasteiger partial charge >= 0.3 is 0 Å². The highest BCUT2D eigenvalue weighted by molar-refractivity contribution is 7.89. The Hall–Kier alpha value is -2.93. The van der Waals surface area contributed by atoms with Crippen molar-refractivity contribution in [3.8, 4) is 11.8 Å². The Bertz CT molecular complexity index is 976. The predicted molar refractivity (Wildman–Crippen MR) is 106 cm³/mol. The Balaban J connectivity index is 1.53. The van der Waals surface area contributed by atoms with Crippen LogP contribution in [0.3, 0.4) is 0 Å². The molecule has 152 valence electrons. The normalized spacial score (nSPS) is 14.7. The first-order valence-electron chi connectivity index (χ1n) is 9.05. The molecule has 0 atom stereocenters. The summed E-state index contributed by atoms with van der Waals surface area (Å²) in [6.07, 6.45) is 0.314. The third-order valence-electron chi connectivity index (χ3n) is 4.32. The highest BCUT2D eigenvalue weighted by atomic mass is 32.2. The number of hydrogen-bond donors (Lipinski definition) is 1. The predicted octanol–water partition coefficient (Wildman–Crippen LogP) is 1.79. The number of anilines is 1. The van der Waals surface area contributed by atoms with Gasteiger partial charge in [0, 0.05) is 18.8 Å². The molecule has 0 bridgehead atoms. The number of rotatable bonds is 7. The van der Waals surface area contributed by atoms with Gasteiger partial charge in [-0.3, -0.25) is 4.79 Å². The molecule has 1 N–H and O–H groups in total. The Kier molecular flexibility index (Phi) is 6.82. The second kappa shape index (κ2) is 9.52. The van der Waals surface area contributed by atoms with Crippen LogP contribution in [0.15, 0.2) is 53.4 Å². The summed E-state index contributed by atoms with van der Waals surface area (Å²) >= 11 is 0. The number of amides is 1. The van der Waals surface area contributed by atoms with Crippen LogP contribution < -0.4 is 10.1 Å². The summed E-state index contributed by atoms with van der Waals surface area (Å²) in [6.45, 7) is 1.22. The standard InChI is InChI=1S/C20H21N3O5S/c21-10-9-16-1-3-17(4-2-16)22-20(24)15-28-18-5-7-19(8-6-18)29(25,26)23-11-13-27-14-12-23/h1-8H,9,11-15H2,(H,22,24). The number of sulfonamides is 1. The molecule has 0 spiro atoms. The third-order valence-corrected chi connectivity index (χ3v) is 6.24. The van der Waals surface area contributed by atoms with Gasteiger partial charge in [-0.05, 0) is 42.0 Å². The summed E-state index contributed by atoms with van der Waals surface area (Å²) in [4.78, 5) is 12.2. The minimum absolute atomic E-state index is 0.175. The molecule has 2 aromatic carbocycles. The SMILES string of the molecule is N#CCc1ccc(NC(=O)COc2ccc(S(=O)(=O)N3CCOCC3)cc2)cc1. The number of benzene rings is 2. The fourth-order valence-electron chi connectivity index (χ4n) is 2.79. The van der Waals surface area contributed by atoms with Crippen LogP contribution >= 0.6 is 0 Å². The monoisotopic (exact) mass is 415 g/mol. The number of carbonyl (C=O) groups is 1. The van der Waals surface area contributed by atoms with Crippen molar-refractivity contribution >= 4 is 21.6 Å². The van der Waals surface area contributed by atoms with Gasteiger partial charge in [0.25, 0.3) is 5.91 Å². The lowest BCUT2D eigenvalue weighted by Crippen LogP contribution is -2.40. The summed E-state index contributed by atoms with van der Waals surface area (Å²) in [7, 11) is -3.56. The summed E-state index contributed by atoms with van der Waals surface area (Å²) in [5.74, 6) is 0.0495. The lowest BCUT2D eigenvalue weighted by atomic mass is 10.1. The van der Waals surface area contributed by atoms with Gasteiger partial charge in [0.05, 0.1) is 30.6 Å². The van der Waals surface area contributed by atoms with E-state index in [1.165, 1.54) is 28.6 Å². The maximum atomic E-state index is 12.6. The molecule has 3 rings (SSSR count). The van der Waals surface area contributed by atoms with Crippen LogP contribution in [0.25, 0.3) is 0 Å². The van der Waals surface area contributed by atoms with Gasteiger partial charge in [-0.15, -0.1) is 0 Å². The van der Waals surface area contributed by atoms with Crippen LogP contribution in [-0.2, 0) is 26.0 Å². The van der Waals surface area contributed by atoms with Crippen molar-refractivity contribution < 1.29 is 22.7 Å². The molecule has 29 heavy (non-hydrogen) atoms. The Morgan fingerprint density at radius 3 is 2.38 bits per heavy atom. The molecule has 1 aliphatic rings. The lowest BCUT2D eigenvalue weighted by Gasteiger charge is -2.26. The molecule has 0 aromatic heterocycles. The highest BCUT2D eigenvalue weighted by Crippen LogP contribution is 2.20. The molecule has 1 heterocycles. The van der Waals surface area contributed by atoms with Crippen LogP contribution in [0.5, 0.6) is 5.75 Å². The maximum Gasteiger partial charge on any atom is 0.262 e. The number of ether oxygens (including phenoxy) is 2. The molecular formula is C20H21N3O5S. The van der Waals surface area contributed by atoms with Gasteiger partial charge in [-0.1, -0.05) is 12.1 Å². The van der Waals surface area contributed by atoms with Crippen molar-refractivity contribution in [2.45, 2.75) is 11.3 Å². The van der Waals surface area contributed by atoms with Gasteiger partial charge in [0.2, 0.25) is 10.0 Å². The van der Waals surface area contributed by atoms with E-state index in [4.69, 9.17) is 14.7 Å². The van der Waals surface area contributed by atoms with Crippen LogP contribution in [0.2, 0.25) is 0 Å². The highest BCUT2D eigenvalue weighted by Gasteiger charge is 2.26. The molecule has 0 radical (unpaired) electrons. The summed E-state index contributed by atoms with van der Waals surface area (Å²) < 4.78 is 37.2. The van der Waals surface area contributed by atoms with Gasteiger partial charge in [-0.2, -0.15) is 9.57 Å². The van der Waals surface area contributed by atoms with Crippen molar-refractivity contribution in [2.75, 3.05) is 38.2 Å². The molecule has 0 saturated carbocycles. The van der Waals surface area contributed by atoms with E-state index in [9.17, 15) is 13.2 Å². The third kappa shape index (κ3) is 5.54. The summed E-state index contributed by atoms with van der Waals surface area (Å²) in [5.41, 5.74) is 1.47. The van der Waals surface area contributed by atoms with Crippen LogP contribution in [0, 0.1) is 11.3 Å². The molecule has 9 heteroatoms. The van der Waals surface area contributed by atoms with Crippen molar-refractivity contribution in [3.05, 3.63) is 54.1 Å². The second-order valence-corrected chi connectivity index (χ2v) is 8.29. The molecule has 1 saturated heterocycles. The fourth-order valence-corrected chi connectivity index (χ4v) is 4.19. The first kappa shape index (κ1) is 20.8. The largest absolute Gasteiger partial charge is 0.484 e. The topological polar surface area (TPSA) is 109 Å². The number of nitrogens with one attached hydrogen (secondary N) is 1. The Labute approximate surface area is 169 Å². The smallest absolute Gasteiger partial charge is 0.262 e. The van der Waals surface area contributed by atoms with E-state index < -0.39 is 10.0 Å². The van der Waals surface area contributed by atoms with Crippen molar-refractivity contribution in [1.29, 1.82) is 5.26 Å². The van der Waals surface area contributed by atoms with E-state index in [2.05, 4.69) is 11.4 Å². The van der Waals surface area contributed by atoms with Crippen LogP contribution in [0.4, 0.5) is 5.69 Å². The molecule has 8 nitrogen and oxygen atoms in total. The molecule has 1 fully saturated rings. The number of nitriles is 1. The quantitative estimate of drug-likeness (QED) is 0.739. The number of nitrogens with zero attached hydrogens (tertiary/aromatic N) is 2. The number of carbonyl (C=O) groups excluding carboxylic acids is 1. The van der Waals surface area contributed by atoms with Gasteiger partial charge < -0.3 is 14.8 Å². The summed E-state index contributed by atoms with van der Waals surface area (Å²) in [5, 5.41) is 11.4. The summed E-state index contributed by atoms with van der Waals surface area (Å²) in [6, 6.07) is 15.0. The minimum Gasteiger partial charge on any atom is -0.484 e. The van der Waals surface area contributed by atoms with Crippen molar-refractivity contribution in [1.82, 2.24) is 4.31 Å². The second-order valence-electron chi connectivity index (χ2n) is 6.36. The van der Waals surface area contributed by atoms with E-state index in [1.54, 1.807) is 24.3 Å². The fraction of sp³-hybridized carbons (Fsp3) is 0.300. The Morgan fingerprint density at radius 1 is 1.10 bits per heavy atom. The van der Waals surface area contributed by atoms with E-state index in [-0.39, 0.29) is 17.4 Å². The first-order chi connectivity index (χ1) is 14.0. The minimum atomic E-state index is -3.56. The average Bonchev–Trinajstić information content (AvgIpc) is 2.75. The van der Waals surface area contributed by atoms with E-state index in [1.807, 2.05) is 0 Å². The van der Waals surface area contributed by atoms with E-state index >= 15 is 0 Å². The molecular weight excluding hydrogens is 394 g/mol. The molecule has 1 amide bonds. The van der Waals surface area contributed by atoms with Crippen molar-refractivity contribution in [3.63, 3.8) is 0 Å². The van der Waals surface area contributed by atoms with Crippen LogP contribution in [-0.4, -0.2) is 51.5 Å². The zero-order valence-corrected chi connectivity index (χ0v) is 16.5. The number of morpholine rings is 1. The van der Waals surface area contributed by atoms with E-state index in [0.29, 0.717) is 44.2 Å². The zero-order chi connectivity index (χ0) is 20.7. The van der Waals surface area contributed by atoms with E-state index in [0.717, 1.165) is 5.56 Å². The first-order valence-corrected chi connectivity index (χ1v) is 10.5. The molecule has 1 aliphatic heterocycles.